The molecule has 0 fully saturated rings. The lowest BCUT2D eigenvalue weighted by molar-refractivity contribution is 0.353. The van der Waals surface area contributed by atoms with Gasteiger partial charge in [-0.15, -0.1) is 0 Å². The average Bonchev–Trinajstić information content (AvgIpc) is 2.53. The third kappa shape index (κ3) is 6.74. The molecule has 2 rings (SSSR count). The van der Waals surface area contributed by atoms with E-state index in [-0.39, 0.29) is 10.8 Å². The Kier molecular flexibility index (Phi) is 7.55. The van der Waals surface area contributed by atoms with Crippen molar-refractivity contribution in [2.45, 2.75) is 52.4 Å². The van der Waals surface area contributed by atoms with E-state index in [4.69, 9.17) is 9.47 Å². The van der Waals surface area contributed by atoms with Gasteiger partial charge in [0.25, 0.3) is 0 Å². The van der Waals surface area contributed by atoms with Crippen LogP contribution in [-0.2, 0) is 10.8 Å². The van der Waals surface area contributed by atoms with Crippen LogP contribution in [0.1, 0.15) is 52.7 Å². The molecule has 2 aromatic rings. The number of hydrogen-bond acceptors (Lipinski definition) is 2. The van der Waals surface area contributed by atoms with E-state index in [2.05, 4.69) is 87.8 Å². The van der Waals surface area contributed by atoms with E-state index in [1.165, 1.54) is 11.1 Å². The summed E-state index contributed by atoms with van der Waals surface area (Å²) in [6, 6.07) is 14.5. The second kappa shape index (κ2) is 8.75. The summed E-state index contributed by atoms with van der Waals surface area (Å²) in [7, 11) is 3.30. The summed E-state index contributed by atoms with van der Waals surface area (Å²) in [4.78, 5) is 0. The monoisotopic (exact) mass is 406 g/mol. The van der Waals surface area contributed by atoms with Crippen LogP contribution in [-0.4, -0.2) is 14.2 Å². The Balaban J connectivity index is 0.000000257. The van der Waals surface area contributed by atoms with Crippen LogP contribution in [0.5, 0.6) is 11.5 Å². The SMILES string of the molecule is CC(C)(C)c1ccc(Br)cc1.COc1ccc(C(C)(C)C)cc1OC. The third-order valence-corrected chi connectivity index (χ3v) is 4.49. The van der Waals surface area contributed by atoms with Gasteiger partial charge in [0.2, 0.25) is 0 Å². The van der Waals surface area contributed by atoms with Gasteiger partial charge in [0.1, 0.15) is 0 Å². The van der Waals surface area contributed by atoms with Crippen LogP contribution in [0.2, 0.25) is 0 Å². The Morgan fingerprint density at radius 2 is 1.08 bits per heavy atom. The first-order valence-corrected chi connectivity index (χ1v) is 9.27. The maximum absolute atomic E-state index is 5.25. The van der Waals surface area contributed by atoms with Gasteiger partial charge in [0.05, 0.1) is 14.2 Å². The summed E-state index contributed by atoms with van der Waals surface area (Å²) in [6.45, 7) is 13.2. The summed E-state index contributed by atoms with van der Waals surface area (Å²) >= 11 is 3.41. The van der Waals surface area contributed by atoms with Crippen molar-refractivity contribution in [3.05, 3.63) is 58.1 Å². The lowest BCUT2D eigenvalue weighted by Crippen LogP contribution is -2.11. The van der Waals surface area contributed by atoms with Gasteiger partial charge >= 0.3 is 0 Å². The molecule has 2 nitrogen and oxygen atoms in total. The molecule has 0 aliphatic carbocycles. The van der Waals surface area contributed by atoms with Gasteiger partial charge in [-0.25, -0.2) is 0 Å². The molecule has 0 radical (unpaired) electrons. The van der Waals surface area contributed by atoms with Crippen molar-refractivity contribution < 1.29 is 9.47 Å². The molecular weight excluding hydrogens is 376 g/mol. The molecule has 25 heavy (non-hydrogen) atoms. The Labute approximate surface area is 161 Å². The first-order valence-electron chi connectivity index (χ1n) is 8.47. The Morgan fingerprint density at radius 1 is 0.640 bits per heavy atom. The molecule has 138 valence electrons. The molecular formula is C22H31BrO2. The van der Waals surface area contributed by atoms with Crippen molar-refractivity contribution in [3.63, 3.8) is 0 Å². The zero-order valence-corrected chi connectivity index (χ0v) is 18.3. The predicted molar refractivity (Wildman–Crippen MR) is 111 cm³/mol. The fraction of sp³-hybridized carbons (Fsp3) is 0.455. The highest BCUT2D eigenvalue weighted by atomic mass is 79.9. The van der Waals surface area contributed by atoms with E-state index in [1.807, 2.05) is 12.1 Å². The van der Waals surface area contributed by atoms with Crippen LogP contribution >= 0.6 is 15.9 Å². The molecule has 0 spiro atoms. The van der Waals surface area contributed by atoms with Crippen LogP contribution in [0.15, 0.2) is 46.9 Å². The van der Waals surface area contributed by atoms with E-state index >= 15 is 0 Å². The quantitative estimate of drug-likeness (QED) is 0.548. The lowest BCUT2D eigenvalue weighted by Gasteiger charge is -2.20. The zero-order chi connectivity index (χ0) is 19.3. The fourth-order valence-electron chi connectivity index (χ4n) is 2.25. The van der Waals surface area contributed by atoms with Gasteiger partial charge in [-0.1, -0.05) is 75.7 Å². The van der Waals surface area contributed by atoms with Crippen molar-refractivity contribution in [1.82, 2.24) is 0 Å². The highest BCUT2D eigenvalue weighted by Crippen LogP contribution is 2.32. The largest absolute Gasteiger partial charge is 0.493 e. The van der Waals surface area contributed by atoms with E-state index < -0.39 is 0 Å². The molecule has 0 aromatic heterocycles. The molecule has 0 aliphatic heterocycles. The number of rotatable bonds is 2. The van der Waals surface area contributed by atoms with Crippen molar-refractivity contribution in [2.75, 3.05) is 14.2 Å². The molecule has 0 heterocycles. The van der Waals surface area contributed by atoms with Crippen LogP contribution in [0, 0.1) is 0 Å². The van der Waals surface area contributed by atoms with E-state index in [0.29, 0.717) is 0 Å². The second-order valence-corrected chi connectivity index (χ2v) is 8.99. The lowest BCUT2D eigenvalue weighted by atomic mass is 9.87. The third-order valence-electron chi connectivity index (χ3n) is 3.96. The molecule has 0 saturated carbocycles. The molecule has 0 aliphatic rings. The summed E-state index contributed by atoms with van der Waals surface area (Å²) in [5, 5.41) is 0. The van der Waals surface area contributed by atoms with E-state index in [1.54, 1.807) is 14.2 Å². The Morgan fingerprint density at radius 3 is 1.48 bits per heavy atom. The van der Waals surface area contributed by atoms with Crippen LogP contribution in [0.3, 0.4) is 0 Å². The number of halogens is 1. The number of methoxy groups -OCH3 is 2. The van der Waals surface area contributed by atoms with Crippen LogP contribution in [0.25, 0.3) is 0 Å². The highest BCUT2D eigenvalue weighted by Gasteiger charge is 2.16. The summed E-state index contributed by atoms with van der Waals surface area (Å²) in [5.41, 5.74) is 3.02. The van der Waals surface area contributed by atoms with Crippen LogP contribution in [0.4, 0.5) is 0 Å². The first kappa shape index (κ1) is 21.6. The minimum atomic E-state index is 0.138. The molecule has 0 bridgehead atoms. The van der Waals surface area contributed by atoms with Gasteiger partial charge in [-0.2, -0.15) is 0 Å². The summed E-state index contributed by atoms with van der Waals surface area (Å²) in [6.07, 6.45) is 0. The van der Waals surface area contributed by atoms with E-state index in [0.717, 1.165) is 16.0 Å². The van der Waals surface area contributed by atoms with Gasteiger partial charge in [0, 0.05) is 4.47 Å². The maximum Gasteiger partial charge on any atom is 0.161 e. The number of hydrogen-bond donors (Lipinski definition) is 0. The molecule has 3 heteroatoms. The van der Waals surface area contributed by atoms with Gasteiger partial charge in [-0.3, -0.25) is 0 Å². The Bertz CT molecular complexity index is 662. The van der Waals surface area contributed by atoms with Crippen molar-refractivity contribution >= 4 is 15.9 Å². The zero-order valence-electron chi connectivity index (χ0n) is 16.7. The molecule has 0 unspecified atom stereocenters. The fourth-order valence-corrected chi connectivity index (χ4v) is 2.52. The minimum Gasteiger partial charge on any atom is -0.493 e. The second-order valence-electron chi connectivity index (χ2n) is 8.08. The minimum absolute atomic E-state index is 0.138. The molecule has 0 saturated heterocycles. The molecule has 2 aromatic carbocycles. The maximum atomic E-state index is 5.25. The standard InChI is InChI=1S/C12H18O2.C10H13Br/c1-12(2,3)9-6-7-10(13-4)11(8-9)14-5;1-10(2,3)8-4-6-9(11)7-5-8/h6-8H,1-5H3;4-7H,1-3H3. The summed E-state index contributed by atoms with van der Waals surface area (Å²) < 4.78 is 11.6. The molecule has 0 atom stereocenters. The normalized spacial score (nSPS) is 11.4. The molecule has 0 amide bonds. The summed E-state index contributed by atoms with van der Waals surface area (Å²) in [5.74, 6) is 1.57. The average molecular weight is 407 g/mol. The topological polar surface area (TPSA) is 18.5 Å². The van der Waals surface area contributed by atoms with Crippen molar-refractivity contribution in [1.29, 1.82) is 0 Å². The van der Waals surface area contributed by atoms with Gasteiger partial charge in [-0.05, 0) is 46.2 Å². The Hall–Kier alpha value is -1.48. The molecule has 0 N–H and O–H groups in total. The van der Waals surface area contributed by atoms with Crippen molar-refractivity contribution in [3.8, 4) is 11.5 Å². The van der Waals surface area contributed by atoms with Crippen molar-refractivity contribution in [2.24, 2.45) is 0 Å². The predicted octanol–water partition coefficient (Wildman–Crippen LogP) is 6.75. The highest BCUT2D eigenvalue weighted by molar-refractivity contribution is 9.10. The van der Waals surface area contributed by atoms with E-state index in [9.17, 15) is 0 Å². The number of benzene rings is 2. The smallest absolute Gasteiger partial charge is 0.161 e. The first-order chi connectivity index (χ1) is 11.5. The van der Waals surface area contributed by atoms with Gasteiger partial charge in [0.15, 0.2) is 11.5 Å². The van der Waals surface area contributed by atoms with Gasteiger partial charge < -0.3 is 9.47 Å². The number of ether oxygens (including phenoxy) is 2. The van der Waals surface area contributed by atoms with Crippen LogP contribution < -0.4 is 9.47 Å².